The molecule has 0 bridgehead atoms. The zero-order valence-electron chi connectivity index (χ0n) is 15.5. The maximum atomic E-state index is 12.3. The Balaban J connectivity index is 2.03. The van der Waals surface area contributed by atoms with E-state index < -0.39 is 10.0 Å². The fourth-order valence-corrected chi connectivity index (χ4v) is 3.55. The Morgan fingerprint density at radius 3 is 2.27 bits per heavy atom. The van der Waals surface area contributed by atoms with Crippen molar-refractivity contribution in [1.82, 2.24) is 4.72 Å². The molecule has 0 fully saturated rings. The molecule has 0 radical (unpaired) electrons. The van der Waals surface area contributed by atoms with Crippen LogP contribution in [0, 0.1) is 13.8 Å². The van der Waals surface area contributed by atoms with Crippen molar-refractivity contribution in [3.8, 4) is 0 Å². The quantitative estimate of drug-likeness (QED) is 0.685. The van der Waals surface area contributed by atoms with Crippen molar-refractivity contribution in [3.05, 3.63) is 59.2 Å². The summed E-state index contributed by atoms with van der Waals surface area (Å²) in [4.78, 5) is 12.5. The summed E-state index contributed by atoms with van der Waals surface area (Å²) in [5.41, 5.74) is 3.38. The number of rotatable bonds is 8. The number of nitrogens with one attached hydrogen (secondary N) is 2. The van der Waals surface area contributed by atoms with Crippen molar-refractivity contribution in [2.45, 2.75) is 44.9 Å². The molecule has 2 N–H and O–H groups in total. The van der Waals surface area contributed by atoms with Crippen LogP contribution in [0.4, 0.5) is 5.69 Å². The van der Waals surface area contributed by atoms with Gasteiger partial charge in [0, 0.05) is 17.8 Å². The minimum Gasteiger partial charge on any atom is -0.322 e. The van der Waals surface area contributed by atoms with Gasteiger partial charge in [-0.3, -0.25) is 4.79 Å². The molecule has 0 aliphatic rings. The highest BCUT2D eigenvalue weighted by atomic mass is 32.2. The first-order valence-corrected chi connectivity index (χ1v) is 10.3. The van der Waals surface area contributed by atoms with Crippen LogP contribution < -0.4 is 10.0 Å². The molecule has 0 heterocycles. The molecule has 26 heavy (non-hydrogen) atoms. The van der Waals surface area contributed by atoms with Crippen LogP contribution in [0.15, 0.2) is 47.4 Å². The highest BCUT2D eigenvalue weighted by Gasteiger charge is 2.14. The molecule has 2 rings (SSSR count). The Morgan fingerprint density at radius 1 is 0.962 bits per heavy atom. The van der Waals surface area contributed by atoms with Crippen molar-refractivity contribution in [2.75, 3.05) is 11.9 Å². The van der Waals surface area contributed by atoms with Gasteiger partial charge in [0.1, 0.15) is 0 Å². The Morgan fingerprint density at radius 2 is 1.65 bits per heavy atom. The number of carbonyl (C=O) groups excluding carboxylic acids is 1. The van der Waals surface area contributed by atoms with Gasteiger partial charge >= 0.3 is 0 Å². The first kappa shape index (κ1) is 20.1. The van der Waals surface area contributed by atoms with E-state index in [2.05, 4.69) is 17.0 Å². The monoisotopic (exact) mass is 374 g/mol. The highest BCUT2D eigenvalue weighted by molar-refractivity contribution is 7.89. The number of amides is 1. The van der Waals surface area contributed by atoms with Gasteiger partial charge in [0.15, 0.2) is 0 Å². The molecule has 0 aliphatic heterocycles. The van der Waals surface area contributed by atoms with Crippen molar-refractivity contribution >= 4 is 21.6 Å². The second kappa shape index (κ2) is 8.96. The van der Waals surface area contributed by atoms with Gasteiger partial charge in [0.05, 0.1) is 4.90 Å². The maximum Gasteiger partial charge on any atom is 0.255 e. The molecular weight excluding hydrogens is 348 g/mol. The Kier molecular flexibility index (Phi) is 6.94. The van der Waals surface area contributed by atoms with E-state index in [1.807, 2.05) is 32.0 Å². The van der Waals surface area contributed by atoms with Gasteiger partial charge in [0.25, 0.3) is 5.91 Å². The van der Waals surface area contributed by atoms with Gasteiger partial charge in [-0.25, -0.2) is 13.1 Å². The molecule has 140 valence electrons. The number of carbonyl (C=O) groups is 1. The van der Waals surface area contributed by atoms with E-state index in [0.29, 0.717) is 17.8 Å². The lowest BCUT2D eigenvalue weighted by Gasteiger charge is -2.09. The van der Waals surface area contributed by atoms with Gasteiger partial charge in [-0.2, -0.15) is 0 Å². The van der Waals surface area contributed by atoms with Gasteiger partial charge in [0.2, 0.25) is 10.0 Å². The zero-order valence-corrected chi connectivity index (χ0v) is 16.3. The van der Waals surface area contributed by atoms with Crippen molar-refractivity contribution in [3.63, 3.8) is 0 Å². The summed E-state index contributed by atoms with van der Waals surface area (Å²) in [5, 5.41) is 2.83. The van der Waals surface area contributed by atoms with Gasteiger partial charge in [-0.15, -0.1) is 0 Å². The van der Waals surface area contributed by atoms with E-state index in [1.165, 1.54) is 24.3 Å². The summed E-state index contributed by atoms with van der Waals surface area (Å²) in [7, 11) is -3.53. The molecule has 0 aliphatic carbocycles. The second-order valence-electron chi connectivity index (χ2n) is 6.38. The van der Waals surface area contributed by atoms with E-state index in [9.17, 15) is 13.2 Å². The number of benzene rings is 2. The first-order chi connectivity index (χ1) is 12.3. The van der Waals surface area contributed by atoms with Crippen LogP contribution in [0.5, 0.6) is 0 Å². The first-order valence-electron chi connectivity index (χ1n) is 8.82. The van der Waals surface area contributed by atoms with Crippen LogP contribution in [-0.4, -0.2) is 20.9 Å². The summed E-state index contributed by atoms with van der Waals surface area (Å²) >= 11 is 0. The number of hydrogen-bond donors (Lipinski definition) is 2. The van der Waals surface area contributed by atoms with E-state index >= 15 is 0 Å². The Hall–Kier alpha value is -2.18. The SMILES string of the molecule is CCCCCNS(=O)(=O)c1ccc(C(=O)Nc2ccc(C)c(C)c2)cc1. The number of sulfonamides is 1. The Bertz CT molecular complexity index is 859. The molecule has 0 atom stereocenters. The number of hydrogen-bond acceptors (Lipinski definition) is 3. The molecule has 5 nitrogen and oxygen atoms in total. The predicted octanol–water partition coefficient (Wildman–Crippen LogP) is 4.02. The molecule has 6 heteroatoms. The Labute approximate surface area is 155 Å². The lowest BCUT2D eigenvalue weighted by atomic mass is 10.1. The average molecular weight is 375 g/mol. The van der Waals surface area contributed by atoms with Gasteiger partial charge in [-0.1, -0.05) is 25.8 Å². The third kappa shape index (κ3) is 5.41. The molecule has 0 saturated heterocycles. The van der Waals surface area contributed by atoms with E-state index in [-0.39, 0.29) is 10.8 Å². The van der Waals surface area contributed by atoms with Crippen molar-refractivity contribution in [2.24, 2.45) is 0 Å². The van der Waals surface area contributed by atoms with Crippen LogP contribution in [0.25, 0.3) is 0 Å². The lowest BCUT2D eigenvalue weighted by Crippen LogP contribution is -2.24. The number of unbranched alkanes of at least 4 members (excludes halogenated alkanes) is 2. The summed E-state index contributed by atoms with van der Waals surface area (Å²) in [6.45, 7) is 6.48. The molecule has 0 spiro atoms. The van der Waals surface area contributed by atoms with Gasteiger partial charge in [-0.05, 0) is 67.8 Å². The average Bonchev–Trinajstić information content (AvgIpc) is 2.62. The normalized spacial score (nSPS) is 11.3. The van der Waals surface area contributed by atoms with Crippen molar-refractivity contribution < 1.29 is 13.2 Å². The molecule has 2 aromatic carbocycles. The number of anilines is 1. The molecular formula is C20H26N2O3S. The largest absolute Gasteiger partial charge is 0.322 e. The summed E-state index contributed by atoms with van der Waals surface area (Å²) in [6, 6.07) is 11.7. The molecule has 0 saturated carbocycles. The standard InChI is InChI=1S/C20H26N2O3S/c1-4-5-6-13-21-26(24,25)19-11-8-17(9-12-19)20(23)22-18-10-7-15(2)16(3)14-18/h7-12,14,21H,4-6,13H2,1-3H3,(H,22,23). The molecule has 0 unspecified atom stereocenters. The lowest BCUT2D eigenvalue weighted by molar-refractivity contribution is 0.102. The second-order valence-corrected chi connectivity index (χ2v) is 8.15. The molecule has 1 amide bonds. The van der Waals surface area contributed by atoms with Crippen LogP contribution in [0.2, 0.25) is 0 Å². The van der Waals surface area contributed by atoms with E-state index in [4.69, 9.17) is 0 Å². The fourth-order valence-electron chi connectivity index (χ4n) is 2.47. The predicted molar refractivity (Wildman–Crippen MR) is 105 cm³/mol. The number of aryl methyl sites for hydroxylation is 2. The smallest absolute Gasteiger partial charge is 0.255 e. The van der Waals surface area contributed by atoms with E-state index in [0.717, 1.165) is 30.4 Å². The third-order valence-electron chi connectivity index (χ3n) is 4.26. The molecule has 2 aromatic rings. The van der Waals surface area contributed by atoms with Crippen LogP contribution in [0.3, 0.4) is 0 Å². The maximum absolute atomic E-state index is 12.3. The minimum absolute atomic E-state index is 0.164. The highest BCUT2D eigenvalue weighted by Crippen LogP contribution is 2.16. The van der Waals surface area contributed by atoms with Crippen LogP contribution in [0.1, 0.15) is 47.7 Å². The zero-order chi connectivity index (χ0) is 19.2. The van der Waals surface area contributed by atoms with Crippen LogP contribution >= 0.6 is 0 Å². The topological polar surface area (TPSA) is 75.3 Å². The summed E-state index contributed by atoms with van der Waals surface area (Å²) < 4.78 is 27.0. The third-order valence-corrected chi connectivity index (χ3v) is 5.74. The minimum atomic E-state index is -3.53. The fraction of sp³-hybridized carbons (Fsp3) is 0.350. The summed E-state index contributed by atoms with van der Waals surface area (Å²) in [5.74, 6) is -0.270. The van der Waals surface area contributed by atoms with Gasteiger partial charge < -0.3 is 5.32 Å². The van der Waals surface area contributed by atoms with Crippen molar-refractivity contribution in [1.29, 1.82) is 0 Å². The molecule has 0 aromatic heterocycles. The van der Waals surface area contributed by atoms with E-state index in [1.54, 1.807) is 0 Å². The van der Waals surface area contributed by atoms with Crippen LogP contribution in [-0.2, 0) is 10.0 Å². The summed E-state index contributed by atoms with van der Waals surface area (Å²) in [6.07, 6.45) is 2.83.